The molecule has 6 rings (SSSR count). The summed E-state index contributed by atoms with van der Waals surface area (Å²) in [6.07, 6.45) is 13.2. The summed E-state index contributed by atoms with van der Waals surface area (Å²) in [7, 11) is 0. The van der Waals surface area contributed by atoms with Gasteiger partial charge in [-0.15, -0.1) is 22.7 Å². The zero-order valence-corrected chi connectivity index (χ0v) is 23.5. The summed E-state index contributed by atoms with van der Waals surface area (Å²) in [5.74, 6) is 3.43. The van der Waals surface area contributed by atoms with Gasteiger partial charge in [0.05, 0.1) is 47.3 Å². The Balaban J connectivity index is 1.57. The van der Waals surface area contributed by atoms with Crippen LogP contribution in [0.25, 0.3) is 32.0 Å². The van der Waals surface area contributed by atoms with Crippen molar-refractivity contribution in [1.82, 2.24) is 0 Å². The molecular formula is C33H32O4S2. The molecule has 0 fully saturated rings. The van der Waals surface area contributed by atoms with Gasteiger partial charge in [-0.05, 0) is 79.3 Å². The van der Waals surface area contributed by atoms with Gasteiger partial charge in [0.15, 0.2) is 0 Å². The highest BCUT2D eigenvalue weighted by Crippen LogP contribution is 2.52. The van der Waals surface area contributed by atoms with Crippen LogP contribution in [0.2, 0.25) is 0 Å². The molecular weight excluding hydrogens is 524 g/mol. The molecule has 0 saturated carbocycles. The van der Waals surface area contributed by atoms with Gasteiger partial charge in [0.2, 0.25) is 0 Å². The van der Waals surface area contributed by atoms with E-state index in [1.807, 2.05) is 12.1 Å². The normalized spacial score (nSPS) is 17.5. The molecule has 2 aromatic heterocycles. The van der Waals surface area contributed by atoms with E-state index in [0.29, 0.717) is 26.4 Å². The maximum absolute atomic E-state index is 6.41. The summed E-state index contributed by atoms with van der Waals surface area (Å²) in [5.41, 5.74) is 4.28. The lowest BCUT2D eigenvalue weighted by Crippen LogP contribution is -2.03. The molecule has 0 saturated heterocycles. The number of ether oxygens (including phenoxy) is 4. The second kappa shape index (κ2) is 12.6. The molecule has 2 bridgehead atoms. The molecule has 2 aromatic carbocycles. The van der Waals surface area contributed by atoms with Crippen molar-refractivity contribution >= 4 is 22.7 Å². The highest BCUT2D eigenvalue weighted by atomic mass is 32.1. The third-order valence-corrected chi connectivity index (χ3v) is 8.78. The van der Waals surface area contributed by atoms with Gasteiger partial charge in [0.1, 0.15) is 23.0 Å². The van der Waals surface area contributed by atoms with Crippen LogP contribution in [0.15, 0.2) is 83.6 Å². The van der Waals surface area contributed by atoms with Gasteiger partial charge in [-0.1, -0.05) is 36.4 Å². The topological polar surface area (TPSA) is 36.9 Å². The van der Waals surface area contributed by atoms with Crippen LogP contribution in [0.5, 0.6) is 23.0 Å². The Kier molecular flexibility index (Phi) is 8.32. The van der Waals surface area contributed by atoms with Gasteiger partial charge in [0, 0.05) is 11.1 Å². The van der Waals surface area contributed by atoms with Gasteiger partial charge in [-0.2, -0.15) is 0 Å². The van der Waals surface area contributed by atoms with E-state index in [1.165, 1.54) is 9.75 Å². The monoisotopic (exact) mass is 556 g/mol. The molecule has 0 amide bonds. The molecule has 39 heavy (non-hydrogen) atoms. The van der Waals surface area contributed by atoms with Crippen molar-refractivity contribution in [1.29, 1.82) is 0 Å². The van der Waals surface area contributed by atoms with Gasteiger partial charge < -0.3 is 18.9 Å². The van der Waals surface area contributed by atoms with Crippen molar-refractivity contribution in [3.8, 4) is 55.0 Å². The fourth-order valence-corrected chi connectivity index (χ4v) is 6.96. The number of benzene rings is 2. The maximum atomic E-state index is 6.41. The molecule has 4 nitrogen and oxygen atoms in total. The SMILES string of the molecule is C1=C/CCOc2cccc3c2-c2ccsc2-c2sccc2-c2c(cccc2OCCC/1)OCC/C=C/CCO3. The van der Waals surface area contributed by atoms with E-state index >= 15 is 0 Å². The van der Waals surface area contributed by atoms with E-state index in [0.717, 1.165) is 77.4 Å². The van der Waals surface area contributed by atoms with Crippen LogP contribution in [0.4, 0.5) is 0 Å². The number of allylic oxidation sites excluding steroid dienone is 1. The fourth-order valence-electron chi connectivity index (χ4n) is 4.96. The largest absolute Gasteiger partial charge is 0.493 e. The van der Waals surface area contributed by atoms with Crippen molar-refractivity contribution in [2.75, 3.05) is 26.4 Å². The van der Waals surface area contributed by atoms with Crippen LogP contribution < -0.4 is 18.9 Å². The van der Waals surface area contributed by atoms with Crippen LogP contribution in [-0.4, -0.2) is 26.4 Å². The molecule has 0 unspecified atom stereocenters. The maximum Gasteiger partial charge on any atom is 0.130 e. The van der Waals surface area contributed by atoms with E-state index in [1.54, 1.807) is 22.7 Å². The van der Waals surface area contributed by atoms with Crippen LogP contribution in [-0.2, 0) is 0 Å². The molecule has 0 spiro atoms. The molecule has 0 radical (unpaired) electrons. The number of hydrogen-bond donors (Lipinski definition) is 0. The molecule has 4 aromatic rings. The summed E-state index contributed by atoms with van der Waals surface area (Å²) >= 11 is 3.49. The van der Waals surface area contributed by atoms with Crippen LogP contribution >= 0.6 is 22.7 Å². The Morgan fingerprint density at radius 3 is 1.33 bits per heavy atom. The van der Waals surface area contributed by atoms with Crippen LogP contribution in [0.1, 0.15) is 32.1 Å². The standard InChI is InChI=1S/C33H32O4S2/c1-2-6-18-34-26-12-10-14-28-30(26)24-16-22-38-32(24)33-25(17-23-39-33)31-27(35-19-7-3-1)13-11-15-29(31)37-21-9-5-4-8-20-36-28/h1-2,4-5,10-17,22-23H,3,6-9,18-21H2/b2-1+,5-4+. The van der Waals surface area contributed by atoms with Gasteiger partial charge in [-0.3, -0.25) is 0 Å². The molecule has 0 aliphatic carbocycles. The second-order valence-electron chi connectivity index (χ2n) is 9.43. The summed E-state index contributed by atoms with van der Waals surface area (Å²) in [6.45, 7) is 2.47. The summed E-state index contributed by atoms with van der Waals surface area (Å²) in [6, 6.07) is 16.7. The minimum atomic E-state index is 0.601. The van der Waals surface area contributed by atoms with E-state index in [4.69, 9.17) is 18.9 Å². The lowest BCUT2D eigenvalue weighted by molar-refractivity contribution is 0.303. The van der Waals surface area contributed by atoms with Gasteiger partial charge in [0.25, 0.3) is 0 Å². The Bertz CT molecular complexity index is 1460. The zero-order valence-electron chi connectivity index (χ0n) is 21.9. The van der Waals surface area contributed by atoms with Crippen molar-refractivity contribution in [3.63, 3.8) is 0 Å². The third-order valence-electron chi connectivity index (χ3n) is 6.78. The summed E-state index contributed by atoms with van der Waals surface area (Å²) in [5, 5.41) is 4.32. The first-order valence-electron chi connectivity index (χ1n) is 13.6. The van der Waals surface area contributed by atoms with E-state index in [2.05, 4.69) is 71.5 Å². The van der Waals surface area contributed by atoms with E-state index in [-0.39, 0.29) is 0 Å². The predicted molar refractivity (Wildman–Crippen MR) is 162 cm³/mol. The Hall–Kier alpha value is -3.48. The summed E-state index contributed by atoms with van der Waals surface area (Å²) in [4.78, 5) is 2.39. The smallest absolute Gasteiger partial charge is 0.130 e. The average molecular weight is 557 g/mol. The third kappa shape index (κ3) is 5.77. The molecule has 6 heteroatoms. The van der Waals surface area contributed by atoms with Crippen molar-refractivity contribution in [2.45, 2.75) is 32.1 Å². The first kappa shape index (κ1) is 25.8. The van der Waals surface area contributed by atoms with E-state index < -0.39 is 0 Å². The molecule has 200 valence electrons. The van der Waals surface area contributed by atoms with E-state index in [9.17, 15) is 0 Å². The average Bonchev–Trinajstić information content (AvgIpc) is 3.62. The van der Waals surface area contributed by atoms with Crippen molar-refractivity contribution in [2.24, 2.45) is 0 Å². The molecule has 2 aliphatic heterocycles. The molecule has 0 N–H and O–H groups in total. The lowest BCUT2D eigenvalue weighted by Gasteiger charge is -2.18. The van der Waals surface area contributed by atoms with Crippen LogP contribution in [0, 0.1) is 0 Å². The highest BCUT2D eigenvalue weighted by Gasteiger charge is 2.24. The molecule has 0 atom stereocenters. The Morgan fingerprint density at radius 2 is 0.872 bits per heavy atom. The minimum Gasteiger partial charge on any atom is -0.493 e. The molecule has 4 heterocycles. The second-order valence-corrected chi connectivity index (χ2v) is 11.3. The predicted octanol–water partition coefficient (Wildman–Crippen LogP) is 9.42. The lowest BCUT2D eigenvalue weighted by atomic mass is 9.99. The van der Waals surface area contributed by atoms with Crippen molar-refractivity contribution in [3.05, 3.63) is 83.6 Å². The van der Waals surface area contributed by atoms with Gasteiger partial charge >= 0.3 is 0 Å². The van der Waals surface area contributed by atoms with Crippen molar-refractivity contribution < 1.29 is 18.9 Å². The zero-order chi connectivity index (χ0) is 26.3. The Labute approximate surface area is 238 Å². The number of hydrogen-bond acceptors (Lipinski definition) is 6. The fraction of sp³-hybridized carbons (Fsp3) is 0.273. The van der Waals surface area contributed by atoms with Crippen LogP contribution in [0.3, 0.4) is 0 Å². The first-order chi connectivity index (χ1) is 19.4. The highest BCUT2D eigenvalue weighted by molar-refractivity contribution is 7.21. The quantitative estimate of drug-likeness (QED) is 0.202. The van der Waals surface area contributed by atoms with Gasteiger partial charge in [-0.25, -0.2) is 0 Å². The Morgan fingerprint density at radius 1 is 0.462 bits per heavy atom. The first-order valence-corrected chi connectivity index (χ1v) is 15.4. The molecule has 2 aliphatic rings. The number of rotatable bonds is 0. The minimum absolute atomic E-state index is 0.601. The number of thiophene rings is 2. The summed E-state index contributed by atoms with van der Waals surface area (Å²) < 4.78 is 25.6.